The minimum atomic E-state index is 0.492. The van der Waals surface area contributed by atoms with E-state index in [1.54, 1.807) is 0 Å². The predicted octanol–water partition coefficient (Wildman–Crippen LogP) is 3.17. The maximum Gasteiger partial charge on any atom is 0.138 e. The van der Waals surface area contributed by atoms with Gasteiger partial charge in [0.05, 0.1) is 18.2 Å². The van der Waals surface area contributed by atoms with Crippen LogP contribution in [0.25, 0.3) is 0 Å². The van der Waals surface area contributed by atoms with Crippen molar-refractivity contribution in [3.63, 3.8) is 0 Å². The first kappa shape index (κ1) is 11.7. The molecule has 0 saturated heterocycles. The van der Waals surface area contributed by atoms with Crippen molar-refractivity contribution in [3.05, 3.63) is 23.2 Å². The molecule has 0 aliphatic heterocycles. The normalized spacial score (nSPS) is 9.40. The number of ether oxygens (including phenoxy) is 1. The lowest BCUT2D eigenvalue weighted by Crippen LogP contribution is -1.99. The molecule has 0 fully saturated rings. The Balaban J connectivity index is 2.66. The molecule has 1 N–H and O–H groups in total. The molecule has 15 heavy (non-hydrogen) atoms. The van der Waals surface area contributed by atoms with Crippen molar-refractivity contribution in [1.29, 1.82) is 0 Å². The summed E-state index contributed by atoms with van der Waals surface area (Å²) in [4.78, 5) is 0. The molecule has 0 atom stereocenters. The van der Waals surface area contributed by atoms with Gasteiger partial charge in [-0.25, -0.2) is 0 Å². The van der Waals surface area contributed by atoms with Crippen LogP contribution in [-0.2, 0) is 0 Å². The van der Waals surface area contributed by atoms with Crippen LogP contribution in [0.3, 0.4) is 0 Å². The number of rotatable bonds is 5. The van der Waals surface area contributed by atoms with E-state index in [0.29, 0.717) is 23.9 Å². The molecule has 0 spiro atoms. The summed E-state index contributed by atoms with van der Waals surface area (Å²) >= 11 is 6.03. The van der Waals surface area contributed by atoms with Crippen LogP contribution in [-0.4, -0.2) is 13.2 Å². The highest BCUT2D eigenvalue weighted by Crippen LogP contribution is 2.27. The number of anilines is 1. The van der Waals surface area contributed by atoms with Crippen molar-refractivity contribution in [2.75, 3.05) is 18.5 Å². The molecule has 3 heteroatoms. The van der Waals surface area contributed by atoms with Crippen LogP contribution >= 0.6 is 11.6 Å². The smallest absolute Gasteiger partial charge is 0.138 e. The third-order valence-electron chi connectivity index (χ3n) is 1.79. The van der Waals surface area contributed by atoms with Crippen molar-refractivity contribution in [1.82, 2.24) is 0 Å². The van der Waals surface area contributed by atoms with Gasteiger partial charge in [0, 0.05) is 5.69 Å². The number of halogens is 1. The molecule has 2 nitrogen and oxygen atoms in total. The van der Waals surface area contributed by atoms with Crippen LogP contribution in [0.1, 0.15) is 13.3 Å². The van der Waals surface area contributed by atoms with Gasteiger partial charge in [0.25, 0.3) is 0 Å². The quantitative estimate of drug-likeness (QED) is 0.775. The van der Waals surface area contributed by atoms with E-state index in [4.69, 9.17) is 22.8 Å². The van der Waals surface area contributed by atoms with E-state index >= 15 is 0 Å². The fourth-order valence-electron chi connectivity index (χ4n) is 1.09. The zero-order valence-corrected chi connectivity index (χ0v) is 9.47. The molecule has 0 unspecified atom stereocenters. The molecule has 0 aliphatic rings. The van der Waals surface area contributed by atoms with Gasteiger partial charge < -0.3 is 10.1 Å². The molecule has 0 bridgehead atoms. The van der Waals surface area contributed by atoms with Crippen LogP contribution in [0.2, 0.25) is 5.02 Å². The van der Waals surface area contributed by atoms with Crippen LogP contribution < -0.4 is 10.1 Å². The molecular weight excluding hydrogens is 210 g/mol. The number of nitrogens with one attached hydrogen (secondary N) is 1. The van der Waals surface area contributed by atoms with Gasteiger partial charge in [0.15, 0.2) is 0 Å². The number of hydrogen-bond acceptors (Lipinski definition) is 2. The number of terminal acetylenes is 1. The van der Waals surface area contributed by atoms with Gasteiger partial charge in [-0.2, -0.15) is 0 Å². The monoisotopic (exact) mass is 223 g/mol. The van der Waals surface area contributed by atoms with E-state index in [1.165, 1.54) is 0 Å². The second-order valence-corrected chi connectivity index (χ2v) is 3.46. The lowest BCUT2D eigenvalue weighted by molar-refractivity contribution is 0.317. The highest BCUT2D eigenvalue weighted by Gasteiger charge is 2.01. The summed E-state index contributed by atoms with van der Waals surface area (Å²) in [7, 11) is 0. The summed E-state index contributed by atoms with van der Waals surface area (Å²) in [5, 5.41) is 3.64. The number of benzene rings is 1. The summed E-state index contributed by atoms with van der Waals surface area (Å²) in [6.45, 7) is 3.22. The molecule has 1 aromatic carbocycles. The third-order valence-corrected chi connectivity index (χ3v) is 2.08. The standard InChI is InChI=1S/C12H14ClNO/c1-3-7-14-10-5-6-12(11(13)9-10)15-8-4-2/h1,5-6,9,14H,4,7-8H2,2H3. The van der Waals surface area contributed by atoms with Gasteiger partial charge in [0.2, 0.25) is 0 Å². The van der Waals surface area contributed by atoms with Crippen LogP contribution in [0.15, 0.2) is 18.2 Å². The second-order valence-electron chi connectivity index (χ2n) is 3.05. The predicted molar refractivity (Wildman–Crippen MR) is 64.6 cm³/mol. The first-order chi connectivity index (χ1) is 7.27. The molecule has 0 saturated carbocycles. The summed E-state index contributed by atoms with van der Waals surface area (Å²) in [6.07, 6.45) is 6.11. The average Bonchev–Trinajstić information content (AvgIpc) is 2.25. The fourth-order valence-corrected chi connectivity index (χ4v) is 1.33. The average molecular weight is 224 g/mol. The maximum atomic E-state index is 6.03. The Morgan fingerprint density at radius 2 is 2.33 bits per heavy atom. The Labute approximate surface area is 95.6 Å². The highest BCUT2D eigenvalue weighted by atomic mass is 35.5. The van der Waals surface area contributed by atoms with E-state index in [0.717, 1.165) is 12.1 Å². The summed E-state index contributed by atoms with van der Waals surface area (Å²) in [5.74, 6) is 3.21. The largest absolute Gasteiger partial charge is 0.492 e. The number of hydrogen-bond donors (Lipinski definition) is 1. The van der Waals surface area contributed by atoms with E-state index in [9.17, 15) is 0 Å². The molecule has 0 aromatic heterocycles. The van der Waals surface area contributed by atoms with Gasteiger partial charge >= 0.3 is 0 Å². The Hall–Kier alpha value is -1.33. The molecule has 0 aliphatic carbocycles. The zero-order valence-electron chi connectivity index (χ0n) is 8.72. The lowest BCUT2D eigenvalue weighted by atomic mass is 10.3. The molecule has 0 amide bonds. The van der Waals surface area contributed by atoms with Crippen molar-refractivity contribution in [3.8, 4) is 18.1 Å². The van der Waals surface area contributed by atoms with E-state index in [2.05, 4.69) is 18.2 Å². The van der Waals surface area contributed by atoms with Crippen molar-refractivity contribution < 1.29 is 4.74 Å². The van der Waals surface area contributed by atoms with Crippen molar-refractivity contribution >= 4 is 17.3 Å². The summed E-state index contributed by atoms with van der Waals surface area (Å²) in [6, 6.07) is 5.55. The van der Waals surface area contributed by atoms with Crippen molar-refractivity contribution in [2.45, 2.75) is 13.3 Å². The molecular formula is C12H14ClNO. The van der Waals surface area contributed by atoms with Crippen LogP contribution in [0.5, 0.6) is 5.75 Å². The zero-order chi connectivity index (χ0) is 11.1. The van der Waals surface area contributed by atoms with Gasteiger partial charge in [-0.05, 0) is 24.6 Å². The lowest BCUT2D eigenvalue weighted by Gasteiger charge is -2.08. The first-order valence-electron chi connectivity index (χ1n) is 4.87. The van der Waals surface area contributed by atoms with Gasteiger partial charge in [-0.15, -0.1) is 6.42 Å². The molecule has 80 valence electrons. The molecule has 1 rings (SSSR count). The topological polar surface area (TPSA) is 21.3 Å². The van der Waals surface area contributed by atoms with Gasteiger partial charge in [0.1, 0.15) is 5.75 Å². The second kappa shape index (κ2) is 6.21. The third kappa shape index (κ3) is 3.73. The van der Waals surface area contributed by atoms with Gasteiger partial charge in [-0.3, -0.25) is 0 Å². The van der Waals surface area contributed by atoms with Crippen LogP contribution in [0.4, 0.5) is 5.69 Å². The van der Waals surface area contributed by atoms with E-state index in [-0.39, 0.29) is 0 Å². The Morgan fingerprint density at radius 3 is 2.93 bits per heavy atom. The van der Waals surface area contributed by atoms with Crippen molar-refractivity contribution in [2.24, 2.45) is 0 Å². The summed E-state index contributed by atoms with van der Waals surface area (Å²) in [5.41, 5.74) is 0.904. The Bertz CT molecular complexity index is 357. The van der Waals surface area contributed by atoms with E-state index < -0.39 is 0 Å². The fraction of sp³-hybridized carbons (Fsp3) is 0.333. The minimum absolute atomic E-state index is 0.492. The van der Waals surface area contributed by atoms with E-state index in [1.807, 2.05) is 18.2 Å². The maximum absolute atomic E-state index is 6.03. The first-order valence-corrected chi connectivity index (χ1v) is 5.25. The summed E-state index contributed by atoms with van der Waals surface area (Å²) < 4.78 is 5.45. The van der Waals surface area contributed by atoms with Crippen LogP contribution in [0, 0.1) is 12.3 Å². The Kier molecular flexibility index (Phi) is 4.86. The molecule has 0 heterocycles. The van der Waals surface area contributed by atoms with Gasteiger partial charge in [-0.1, -0.05) is 24.4 Å². The minimum Gasteiger partial charge on any atom is -0.492 e. The highest BCUT2D eigenvalue weighted by molar-refractivity contribution is 6.32. The molecule has 1 aromatic rings. The Morgan fingerprint density at radius 1 is 1.53 bits per heavy atom. The molecule has 0 radical (unpaired) electrons. The SMILES string of the molecule is C#CCNc1ccc(OCCC)c(Cl)c1.